The van der Waals surface area contributed by atoms with Crippen LogP contribution >= 0.6 is 0 Å². The monoisotopic (exact) mass is 233 g/mol. The first kappa shape index (κ1) is 12.2. The van der Waals surface area contributed by atoms with Gasteiger partial charge >= 0.3 is 5.97 Å². The Labute approximate surface area is 89.4 Å². The smallest absolute Gasteiger partial charge is 0.304 e. The van der Waals surface area contributed by atoms with Gasteiger partial charge in [0.25, 0.3) is 0 Å². The van der Waals surface area contributed by atoms with Crippen molar-refractivity contribution in [1.82, 2.24) is 4.31 Å². The summed E-state index contributed by atoms with van der Waals surface area (Å²) in [6, 6.07) is 0.0572. The van der Waals surface area contributed by atoms with Crippen LogP contribution in [0.25, 0.3) is 0 Å². The third kappa shape index (κ3) is 3.64. The van der Waals surface area contributed by atoms with Crippen molar-refractivity contribution in [2.45, 2.75) is 25.3 Å². The molecule has 0 radical (unpaired) electrons. The van der Waals surface area contributed by atoms with E-state index < -0.39 is 16.0 Å². The van der Waals surface area contributed by atoms with Crippen LogP contribution in [0.4, 0.5) is 0 Å². The van der Waals surface area contributed by atoms with Crippen molar-refractivity contribution >= 4 is 16.0 Å². The molecule has 1 fully saturated rings. The molecule has 15 heavy (non-hydrogen) atoms. The molecule has 0 aromatic heterocycles. The molecule has 0 saturated heterocycles. The Morgan fingerprint density at radius 1 is 1.53 bits per heavy atom. The van der Waals surface area contributed by atoms with Crippen LogP contribution in [0, 0.1) is 0 Å². The summed E-state index contributed by atoms with van der Waals surface area (Å²) < 4.78 is 24.8. The van der Waals surface area contributed by atoms with E-state index in [-0.39, 0.29) is 24.8 Å². The first-order valence-electron chi connectivity index (χ1n) is 4.79. The maximum absolute atomic E-state index is 11.7. The van der Waals surface area contributed by atoms with Gasteiger partial charge in [0.1, 0.15) is 0 Å². The van der Waals surface area contributed by atoms with Crippen molar-refractivity contribution in [3.8, 4) is 0 Å². The van der Waals surface area contributed by atoms with Crippen LogP contribution in [-0.4, -0.2) is 42.1 Å². The molecule has 0 amide bonds. The molecular weight excluding hydrogens is 218 g/mol. The van der Waals surface area contributed by atoms with Crippen molar-refractivity contribution < 1.29 is 18.3 Å². The second-order valence-electron chi connectivity index (χ2n) is 3.55. The number of hydrogen-bond donors (Lipinski definition) is 1. The second-order valence-corrected chi connectivity index (χ2v) is 5.59. The molecule has 0 aromatic carbocycles. The van der Waals surface area contributed by atoms with Gasteiger partial charge in [-0.3, -0.25) is 4.79 Å². The van der Waals surface area contributed by atoms with Gasteiger partial charge in [-0.1, -0.05) is 6.08 Å². The minimum absolute atomic E-state index is 0.0572. The molecule has 0 aliphatic heterocycles. The van der Waals surface area contributed by atoms with Gasteiger partial charge in [-0.2, -0.15) is 4.31 Å². The third-order valence-corrected chi connectivity index (χ3v) is 4.08. The van der Waals surface area contributed by atoms with Crippen LogP contribution < -0.4 is 0 Å². The lowest BCUT2D eigenvalue weighted by Crippen LogP contribution is -2.35. The summed E-state index contributed by atoms with van der Waals surface area (Å²) in [4.78, 5) is 10.3. The van der Waals surface area contributed by atoms with Gasteiger partial charge in [-0.05, 0) is 12.8 Å². The number of carboxylic acids is 1. The molecule has 86 valence electrons. The van der Waals surface area contributed by atoms with E-state index in [1.165, 1.54) is 10.4 Å². The van der Waals surface area contributed by atoms with Gasteiger partial charge < -0.3 is 5.11 Å². The summed E-state index contributed by atoms with van der Waals surface area (Å²) in [6.07, 6.45) is 2.90. The lowest BCUT2D eigenvalue weighted by molar-refractivity contribution is -0.136. The molecule has 0 bridgehead atoms. The SMILES string of the molecule is C=CCN(C1CC1)S(=O)(=O)CCC(=O)O. The van der Waals surface area contributed by atoms with E-state index in [9.17, 15) is 13.2 Å². The van der Waals surface area contributed by atoms with Crippen molar-refractivity contribution in [2.75, 3.05) is 12.3 Å². The third-order valence-electron chi connectivity index (χ3n) is 2.19. The summed E-state index contributed by atoms with van der Waals surface area (Å²) in [5.74, 6) is -1.42. The van der Waals surface area contributed by atoms with E-state index >= 15 is 0 Å². The standard InChI is InChI=1S/C9H15NO4S/c1-2-6-10(8-3-4-8)15(13,14)7-5-9(11)12/h2,8H,1,3-7H2,(H,11,12). The highest BCUT2D eigenvalue weighted by Gasteiger charge is 2.36. The zero-order chi connectivity index (χ0) is 11.5. The highest BCUT2D eigenvalue weighted by Crippen LogP contribution is 2.29. The Morgan fingerprint density at radius 3 is 2.53 bits per heavy atom. The second kappa shape index (κ2) is 4.76. The van der Waals surface area contributed by atoms with E-state index in [1.54, 1.807) is 0 Å². The molecule has 0 aromatic rings. The molecule has 1 rings (SSSR count). The van der Waals surface area contributed by atoms with Crippen molar-refractivity contribution in [3.63, 3.8) is 0 Å². The molecule has 1 aliphatic rings. The van der Waals surface area contributed by atoms with Crippen LogP contribution in [0.3, 0.4) is 0 Å². The quantitative estimate of drug-likeness (QED) is 0.647. The molecule has 6 heteroatoms. The maximum Gasteiger partial charge on any atom is 0.304 e. The molecule has 0 unspecified atom stereocenters. The molecule has 0 spiro atoms. The number of sulfonamides is 1. The molecule has 0 atom stereocenters. The van der Waals surface area contributed by atoms with E-state index in [0.717, 1.165) is 12.8 Å². The number of carboxylic acid groups (broad SMARTS) is 1. The Hall–Kier alpha value is -0.880. The fourth-order valence-corrected chi connectivity index (χ4v) is 2.98. The topological polar surface area (TPSA) is 74.7 Å². The molecule has 0 heterocycles. The van der Waals surface area contributed by atoms with E-state index in [1.807, 2.05) is 0 Å². The first-order valence-corrected chi connectivity index (χ1v) is 6.40. The lowest BCUT2D eigenvalue weighted by Gasteiger charge is -2.19. The summed E-state index contributed by atoms with van der Waals surface area (Å²) in [6.45, 7) is 3.77. The highest BCUT2D eigenvalue weighted by molar-refractivity contribution is 7.89. The molecule has 5 nitrogen and oxygen atoms in total. The van der Waals surface area contributed by atoms with Crippen LogP contribution in [0.1, 0.15) is 19.3 Å². The van der Waals surface area contributed by atoms with Gasteiger partial charge in [-0.15, -0.1) is 6.58 Å². The first-order chi connectivity index (χ1) is 6.97. The van der Waals surface area contributed by atoms with Crippen LogP contribution in [0.2, 0.25) is 0 Å². The Bertz CT molecular complexity index is 345. The minimum Gasteiger partial charge on any atom is -0.481 e. The van der Waals surface area contributed by atoms with Crippen molar-refractivity contribution in [2.24, 2.45) is 0 Å². The summed E-state index contributed by atoms with van der Waals surface area (Å²) >= 11 is 0. The molecule has 1 saturated carbocycles. The highest BCUT2D eigenvalue weighted by atomic mass is 32.2. The summed E-state index contributed by atoms with van der Waals surface area (Å²) in [5, 5.41) is 8.44. The van der Waals surface area contributed by atoms with Gasteiger partial charge in [0.15, 0.2) is 0 Å². The fourth-order valence-electron chi connectivity index (χ4n) is 1.31. The van der Waals surface area contributed by atoms with E-state index in [0.29, 0.717) is 0 Å². The molecule has 1 N–H and O–H groups in total. The average Bonchev–Trinajstić information content (AvgIpc) is 2.94. The van der Waals surface area contributed by atoms with Gasteiger partial charge in [0, 0.05) is 12.6 Å². The van der Waals surface area contributed by atoms with Gasteiger partial charge in [0.05, 0.1) is 12.2 Å². The predicted octanol–water partition coefficient (Wildman–Crippen LogP) is 0.441. The predicted molar refractivity (Wildman–Crippen MR) is 56.0 cm³/mol. The normalized spacial score (nSPS) is 16.6. The lowest BCUT2D eigenvalue weighted by atomic mass is 10.5. The zero-order valence-electron chi connectivity index (χ0n) is 8.42. The number of aliphatic carboxylic acids is 1. The largest absolute Gasteiger partial charge is 0.481 e. The minimum atomic E-state index is -3.44. The summed E-state index contributed by atoms with van der Waals surface area (Å²) in [7, 11) is -3.44. The Morgan fingerprint density at radius 2 is 2.13 bits per heavy atom. The average molecular weight is 233 g/mol. The number of hydrogen-bond acceptors (Lipinski definition) is 3. The van der Waals surface area contributed by atoms with Gasteiger partial charge in [-0.25, -0.2) is 8.42 Å². The number of nitrogens with zero attached hydrogens (tertiary/aromatic N) is 1. The van der Waals surface area contributed by atoms with Crippen LogP contribution in [0.15, 0.2) is 12.7 Å². The zero-order valence-corrected chi connectivity index (χ0v) is 9.24. The number of rotatable bonds is 7. The van der Waals surface area contributed by atoms with Crippen molar-refractivity contribution in [1.29, 1.82) is 0 Å². The van der Waals surface area contributed by atoms with Gasteiger partial charge in [0.2, 0.25) is 10.0 Å². The van der Waals surface area contributed by atoms with E-state index in [4.69, 9.17) is 5.11 Å². The maximum atomic E-state index is 11.7. The molecular formula is C9H15NO4S. The number of carbonyl (C=O) groups is 1. The molecule has 1 aliphatic carbocycles. The fraction of sp³-hybridized carbons (Fsp3) is 0.667. The summed E-state index contributed by atoms with van der Waals surface area (Å²) in [5.41, 5.74) is 0. The van der Waals surface area contributed by atoms with Crippen LogP contribution in [0.5, 0.6) is 0 Å². The van der Waals surface area contributed by atoms with Crippen molar-refractivity contribution in [3.05, 3.63) is 12.7 Å². The Balaban J connectivity index is 2.63. The van der Waals surface area contributed by atoms with E-state index in [2.05, 4.69) is 6.58 Å². The Kier molecular flexibility index (Phi) is 3.87. The van der Waals surface area contributed by atoms with Crippen LogP contribution in [-0.2, 0) is 14.8 Å².